The van der Waals surface area contributed by atoms with Crippen LogP contribution in [-0.4, -0.2) is 47.2 Å². The molecule has 0 saturated carbocycles. The smallest absolute Gasteiger partial charge is 0.461 e. The van der Waals surface area contributed by atoms with Crippen LogP contribution in [0, 0.1) is 17.8 Å². The molecule has 4 atom stereocenters. The van der Waals surface area contributed by atoms with Gasteiger partial charge in [-0.3, -0.25) is 9.59 Å². The molecule has 0 aromatic carbocycles. The molecule has 2 N–H and O–H groups in total. The number of carbonyl (C=O) groups is 3. The number of hydrogen-bond donors (Lipinski definition) is 2. The fraction of sp³-hybridized carbons (Fsp3) is 0.550. The Morgan fingerprint density at radius 2 is 2.07 bits per heavy atom. The molecule has 0 radical (unpaired) electrons. The number of hydrogen-bond acceptors (Lipinski definition) is 8. The lowest BCUT2D eigenvalue weighted by Crippen LogP contribution is -2.45. The zero-order valence-corrected chi connectivity index (χ0v) is 16.9. The summed E-state index contributed by atoms with van der Waals surface area (Å²) in [5.74, 6) is -2.25. The zero-order valence-electron chi connectivity index (χ0n) is 16.9. The summed E-state index contributed by atoms with van der Waals surface area (Å²) < 4.78 is 16.0. The maximum atomic E-state index is 13.1. The van der Waals surface area contributed by atoms with Gasteiger partial charge in [0.1, 0.15) is 24.2 Å². The molecule has 0 unspecified atom stereocenters. The summed E-state index contributed by atoms with van der Waals surface area (Å²) in [6, 6.07) is 3.28. The standard InChI is InChI=1S/C20H24BNO8/c1-3-4-10-7-13-16(19(25)22(18(13)24)20(26)28-2)12-8-15(30-21(27)17(10)12)14-6-5-11(9-23)29-14/h5-6,12-13,15-16,23,27H,3-4,7-9H2,1-2H3/t12-,13-,15-,16+/m0/s1. The van der Waals surface area contributed by atoms with Gasteiger partial charge in [-0.15, -0.1) is 0 Å². The van der Waals surface area contributed by atoms with E-state index in [1.807, 2.05) is 6.92 Å². The second-order valence-corrected chi connectivity index (χ2v) is 7.91. The van der Waals surface area contributed by atoms with Crippen molar-refractivity contribution < 1.29 is 38.3 Å². The number of rotatable bonds is 4. The molecule has 3 amide bonds. The van der Waals surface area contributed by atoms with E-state index in [0.717, 1.165) is 19.1 Å². The van der Waals surface area contributed by atoms with Crippen LogP contribution in [0.1, 0.15) is 50.2 Å². The second kappa shape index (κ2) is 8.01. The van der Waals surface area contributed by atoms with Gasteiger partial charge < -0.3 is 23.9 Å². The Kier molecular flexibility index (Phi) is 5.56. The molecule has 3 heterocycles. The molecule has 2 fully saturated rings. The monoisotopic (exact) mass is 417 g/mol. The lowest BCUT2D eigenvalue weighted by Gasteiger charge is -2.41. The van der Waals surface area contributed by atoms with Gasteiger partial charge in [-0.1, -0.05) is 18.9 Å². The number of imide groups is 3. The van der Waals surface area contributed by atoms with Crippen molar-refractivity contribution in [1.82, 2.24) is 4.90 Å². The van der Waals surface area contributed by atoms with Crippen molar-refractivity contribution in [3.63, 3.8) is 0 Å². The number of ether oxygens (including phenoxy) is 1. The van der Waals surface area contributed by atoms with Crippen LogP contribution in [0.2, 0.25) is 0 Å². The van der Waals surface area contributed by atoms with E-state index in [4.69, 9.17) is 9.07 Å². The lowest BCUT2D eigenvalue weighted by atomic mass is 9.55. The third-order valence-electron chi connectivity index (χ3n) is 6.28. The van der Waals surface area contributed by atoms with Gasteiger partial charge in [0.25, 0.3) is 0 Å². The van der Waals surface area contributed by atoms with Gasteiger partial charge >= 0.3 is 13.2 Å². The van der Waals surface area contributed by atoms with Gasteiger partial charge in [-0.05, 0) is 42.8 Å². The number of amides is 3. The topological polar surface area (TPSA) is 127 Å². The van der Waals surface area contributed by atoms with Crippen LogP contribution in [0.25, 0.3) is 0 Å². The number of aliphatic hydroxyl groups is 1. The first kappa shape index (κ1) is 20.8. The SMILES string of the molecule is CCCC1=C2B(O)O[C@H](c3ccc(CO)o3)C[C@H]2[C@H]2C(=O)N(C(=O)OC)C(=O)[C@H]2C1. The van der Waals surface area contributed by atoms with Crippen LogP contribution < -0.4 is 0 Å². The van der Waals surface area contributed by atoms with Crippen molar-refractivity contribution in [3.05, 3.63) is 34.7 Å². The van der Waals surface area contributed by atoms with Crippen molar-refractivity contribution in [2.45, 2.75) is 45.3 Å². The van der Waals surface area contributed by atoms with Gasteiger partial charge in [-0.25, -0.2) is 4.79 Å². The molecule has 2 aliphatic heterocycles. The summed E-state index contributed by atoms with van der Waals surface area (Å²) in [6.45, 7) is 1.73. The number of carbonyl (C=O) groups excluding carboxylic acids is 3. The van der Waals surface area contributed by atoms with E-state index in [1.165, 1.54) is 0 Å². The highest BCUT2D eigenvalue weighted by Crippen LogP contribution is 2.52. The summed E-state index contributed by atoms with van der Waals surface area (Å²) in [5, 5.41) is 20.1. The minimum absolute atomic E-state index is 0.268. The predicted octanol–water partition coefficient (Wildman–Crippen LogP) is 1.74. The quantitative estimate of drug-likeness (QED) is 0.561. The second-order valence-electron chi connectivity index (χ2n) is 7.91. The number of fused-ring (bicyclic) bond motifs is 3. The molecule has 160 valence electrons. The number of furan rings is 1. The first-order valence-electron chi connectivity index (χ1n) is 10.1. The average molecular weight is 417 g/mol. The molecule has 2 saturated heterocycles. The van der Waals surface area contributed by atoms with E-state index >= 15 is 0 Å². The van der Waals surface area contributed by atoms with Gasteiger partial charge in [0.2, 0.25) is 11.8 Å². The third kappa shape index (κ3) is 3.19. The fourth-order valence-corrected chi connectivity index (χ4v) is 5.06. The normalized spacial score (nSPS) is 28.7. The number of aliphatic hydroxyl groups excluding tert-OH is 1. The maximum absolute atomic E-state index is 13.1. The highest BCUT2D eigenvalue weighted by atomic mass is 16.5. The van der Waals surface area contributed by atoms with Crippen LogP contribution in [0.4, 0.5) is 4.79 Å². The lowest BCUT2D eigenvalue weighted by molar-refractivity contribution is -0.137. The Morgan fingerprint density at radius 1 is 1.30 bits per heavy atom. The van der Waals surface area contributed by atoms with Crippen LogP contribution >= 0.6 is 0 Å². The molecular weight excluding hydrogens is 393 g/mol. The van der Waals surface area contributed by atoms with Gasteiger partial charge in [0.15, 0.2) is 0 Å². The summed E-state index contributed by atoms with van der Waals surface area (Å²) in [6.07, 6.45) is 0.456. The Labute approximate surface area is 173 Å². The summed E-state index contributed by atoms with van der Waals surface area (Å²) in [5.41, 5.74) is 1.54. The van der Waals surface area contributed by atoms with Gasteiger partial charge in [-0.2, -0.15) is 4.90 Å². The van der Waals surface area contributed by atoms with E-state index in [0.29, 0.717) is 41.2 Å². The van der Waals surface area contributed by atoms with Crippen LogP contribution in [0.3, 0.4) is 0 Å². The van der Waals surface area contributed by atoms with Gasteiger partial charge in [0.05, 0.1) is 18.9 Å². The highest BCUT2D eigenvalue weighted by Gasteiger charge is 2.59. The largest absolute Gasteiger partial charge is 0.487 e. The van der Waals surface area contributed by atoms with Gasteiger partial charge in [0, 0.05) is 0 Å². The molecule has 1 aromatic heterocycles. The van der Waals surface area contributed by atoms with E-state index < -0.39 is 48.9 Å². The molecule has 0 bridgehead atoms. The summed E-state index contributed by atoms with van der Waals surface area (Å²) in [7, 11) is -0.116. The first-order chi connectivity index (χ1) is 14.4. The minimum Gasteiger partial charge on any atom is -0.461 e. The number of allylic oxidation sites excluding steroid dienone is 2. The molecule has 30 heavy (non-hydrogen) atoms. The van der Waals surface area contributed by atoms with E-state index in [1.54, 1.807) is 12.1 Å². The molecule has 1 aromatic rings. The van der Waals surface area contributed by atoms with E-state index in [9.17, 15) is 24.5 Å². The molecule has 0 spiro atoms. The highest BCUT2D eigenvalue weighted by molar-refractivity contribution is 6.53. The average Bonchev–Trinajstić information content (AvgIpc) is 3.31. The molecule has 1 aliphatic carbocycles. The van der Waals surface area contributed by atoms with Crippen molar-refractivity contribution in [2.24, 2.45) is 17.8 Å². The molecule has 3 aliphatic rings. The molecular formula is C20H24BNO8. The van der Waals surface area contributed by atoms with Crippen molar-refractivity contribution in [1.29, 1.82) is 0 Å². The Morgan fingerprint density at radius 3 is 2.70 bits per heavy atom. The zero-order chi connectivity index (χ0) is 21.6. The Hall–Kier alpha value is -2.43. The fourth-order valence-electron chi connectivity index (χ4n) is 5.06. The predicted molar refractivity (Wildman–Crippen MR) is 102 cm³/mol. The minimum atomic E-state index is -1.24. The van der Waals surface area contributed by atoms with Crippen molar-refractivity contribution in [2.75, 3.05) is 7.11 Å². The summed E-state index contributed by atoms with van der Waals surface area (Å²) >= 11 is 0. The van der Waals surface area contributed by atoms with Crippen LogP contribution in [0.5, 0.6) is 0 Å². The van der Waals surface area contributed by atoms with Crippen molar-refractivity contribution >= 4 is 25.0 Å². The number of methoxy groups -OCH3 is 1. The molecule has 10 heteroatoms. The maximum Gasteiger partial charge on any atom is 0.487 e. The van der Waals surface area contributed by atoms with Crippen LogP contribution in [-0.2, 0) is 25.6 Å². The van der Waals surface area contributed by atoms with Crippen LogP contribution in [0.15, 0.2) is 27.6 Å². The molecule has 9 nitrogen and oxygen atoms in total. The summed E-state index contributed by atoms with van der Waals surface area (Å²) in [4.78, 5) is 38.6. The Bertz CT molecular complexity index is 908. The number of nitrogens with zero attached hydrogens (tertiary/aromatic N) is 1. The van der Waals surface area contributed by atoms with E-state index in [2.05, 4.69) is 4.74 Å². The van der Waals surface area contributed by atoms with E-state index in [-0.39, 0.29) is 6.61 Å². The Balaban J connectivity index is 1.73. The number of likely N-dealkylation sites (tertiary alicyclic amines) is 1. The first-order valence-corrected chi connectivity index (χ1v) is 10.1. The molecule has 4 rings (SSSR count). The van der Waals surface area contributed by atoms with Crippen molar-refractivity contribution in [3.8, 4) is 0 Å². The third-order valence-corrected chi connectivity index (χ3v) is 6.28.